The Bertz CT molecular complexity index is 561. The standard InChI is InChI=1S/C16H22N2O/c1-3-19-12-4-5-16-14(8-12)15(10-18-16)13-6-7-17-9-11(13)2/h4-5,8,10-11,13,17-18H,3,6-7,9H2,1-2H3. The maximum absolute atomic E-state index is 5.63. The maximum Gasteiger partial charge on any atom is 0.120 e. The molecule has 0 amide bonds. The van der Waals surface area contributed by atoms with E-state index in [1.165, 1.54) is 22.9 Å². The summed E-state index contributed by atoms with van der Waals surface area (Å²) < 4.78 is 5.63. The van der Waals surface area contributed by atoms with Gasteiger partial charge in [-0.05, 0) is 62.0 Å². The molecule has 0 bridgehead atoms. The summed E-state index contributed by atoms with van der Waals surface area (Å²) in [7, 11) is 0. The molecule has 2 heterocycles. The number of H-pyrrole nitrogens is 1. The Hall–Kier alpha value is -1.48. The molecule has 1 saturated heterocycles. The van der Waals surface area contributed by atoms with Gasteiger partial charge in [0.1, 0.15) is 5.75 Å². The molecule has 1 fully saturated rings. The van der Waals surface area contributed by atoms with Crippen molar-refractivity contribution in [2.24, 2.45) is 5.92 Å². The topological polar surface area (TPSA) is 37.0 Å². The van der Waals surface area contributed by atoms with E-state index in [4.69, 9.17) is 4.74 Å². The highest BCUT2D eigenvalue weighted by Gasteiger charge is 2.24. The number of benzene rings is 1. The SMILES string of the molecule is CCOc1ccc2[nH]cc(C3CCNCC3C)c2c1. The van der Waals surface area contributed by atoms with E-state index in [0.717, 1.165) is 25.4 Å². The van der Waals surface area contributed by atoms with Crippen molar-refractivity contribution in [1.82, 2.24) is 10.3 Å². The first-order valence-corrected chi connectivity index (χ1v) is 7.24. The van der Waals surface area contributed by atoms with Crippen LogP contribution in [0, 0.1) is 5.92 Å². The summed E-state index contributed by atoms with van der Waals surface area (Å²) in [4.78, 5) is 3.40. The molecular weight excluding hydrogens is 236 g/mol. The summed E-state index contributed by atoms with van der Waals surface area (Å²) >= 11 is 0. The van der Waals surface area contributed by atoms with Gasteiger partial charge in [-0.15, -0.1) is 0 Å². The zero-order chi connectivity index (χ0) is 13.2. The molecule has 0 spiro atoms. The molecule has 1 aliphatic heterocycles. The average Bonchev–Trinajstić information content (AvgIpc) is 2.83. The number of fused-ring (bicyclic) bond motifs is 1. The predicted octanol–water partition coefficient (Wildman–Crippen LogP) is 3.28. The summed E-state index contributed by atoms with van der Waals surface area (Å²) in [5.41, 5.74) is 2.66. The van der Waals surface area contributed by atoms with Crippen LogP contribution < -0.4 is 10.1 Å². The van der Waals surface area contributed by atoms with Crippen LogP contribution in [-0.4, -0.2) is 24.7 Å². The van der Waals surface area contributed by atoms with Crippen LogP contribution in [0.1, 0.15) is 31.7 Å². The minimum Gasteiger partial charge on any atom is -0.494 e. The Labute approximate surface area is 114 Å². The van der Waals surface area contributed by atoms with Crippen LogP contribution in [0.3, 0.4) is 0 Å². The van der Waals surface area contributed by atoms with Gasteiger partial charge < -0.3 is 15.0 Å². The highest BCUT2D eigenvalue weighted by Crippen LogP contribution is 2.35. The third kappa shape index (κ3) is 2.35. The number of aromatic amines is 1. The van der Waals surface area contributed by atoms with Gasteiger partial charge >= 0.3 is 0 Å². The van der Waals surface area contributed by atoms with Gasteiger partial charge in [0.05, 0.1) is 6.61 Å². The summed E-state index contributed by atoms with van der Waals surface area (Å²) in [5.74, 6) is 2.30. The summed E-state index contributed by atoms with van der Waals surface area (Å²) in [6.07, 6.45) is 3.40. The van der Waals surface area contributed by atoms with Crippen LogP contribution in [0.25, 0.3) is 10.9 Å². The van der Waals surface area contributed by atoms with E-state index >= 15 is 0 Å². The minimum atomic E-state index is 0.645. The summed E-state index contributed by atoms with van der Waals surface area (Å²) in [6, 6.07) is 6.34. The Morgan fingerprint density at radius 1 is 1.37 bits per heavy atom. The van der Waals surface area contributed by atoms with Gasteiger partial charge in [-0.3, -0.25) is 0 Å². The summed E-state index contributed by atoms with van der Waals surface area (Å²) in [6.45, 7) is 7.31. The van der Waals surface area contributed by atoms with Crippen molar-refractivity contribution in [2.75, 3.05) is 19.7 Å². The second-order valence-electron chi connectivity index (χ2n) is 5.46. The van der Waals surface area contributed by atoms with Crippen LogP contribution >= 0.6 is 0 Å². The predicted molar refractivity (Wildman–Crippen MR) is 78.9 cm³/mol. The van der Waals surface area contributed by atoms with Crippen LogP contribution in [0.5, 0.6) is 5.75 Å². The number of hydrogen-bond donors (Lipinski definition) is 2. The van der Waals surface area contributed by atoms with Gasteiger partial charge in [0.2, 0.25) is 0 Å². The van der Waals surface area contributed by atoms with E-state index in [1.54, 1.807) is 0 Å². The lowest BCUT2D eigenvalue weighted by molar-refractivity contribution is 0.340. The molecular formula is C16H22N2O. The third-order valence-electron chi connectivity index (χ3n) is 4.18. The van der Waals surface area contributed by atoms with Gasteiger partial charge in [-0.1, -0.05) is 6.92 Å². The number of aromatic nitrogens is 1. The quantitative estimate of drug-likeness (QED) is 0.886. The van der Waals surface area contributed by atoms with Gasteiger partial charge in [-0.25, -0.2) is 0 Å². The largest absolute Gasteiger partial charge is 0.494 e. The first-order chi connectivity index (χ1) is 9.29. The number of nitrogens with one attached hydrogen (secondary N) is 2. The lowest BCUT2D eigenvalue weighted by Gasteiger charge is -2.29. The first kappa shape index (κ1) is 12.5. The monoisotopic (exact) mass is 258 g/mol. The van der Waals surface area contributed by atoms with E-state index in [-0.39, 0.29) is 0 Å². The number of rotatable bonds is 3. The van der Waals surface area contributed by atoms with E-state index in [0.29, 0.717) is 11.8 Å². The van der Waals surface area contributed by atoms with Gasteiger partial charge in [-0.2, -0.15) is 0 Å². The fraction of sp³-hybridized carbons (Fsp3) is 0.500. The highest BCUT2D eigenvalue weighted by atomic mass is 16.5. The molecule has 1 aromatic carbocycles. The zero-order valence-corrected chi connectivity index (χ0v) is 11.7. The van der Waals surface area contributed by atoms with Crippen molar-refractivity contribution < 1.29 is 4.74 Å². The zero-order valence-electron chi connectivity index (χ0n) is 11.7. The number of ether oxygens (including phenoxy) is 1. The van der Waals surface area contributed by atoms with Gasteiger partial charge in [0.25, 0.3) is 0 Å². The second-order valence-corrected chi connectivity index (χ2v) is 5.46. The van der Waals surface area contributed by atoms with E-state index in [1.807, 2.05) is 13.0 Å². The molecule has 1 aliphatic rings. The van der Waals surface area contributed by atoms with Gasteiger partial charge in [0.15, 0.2) is 0 Å². The molecule has 2 N–H and O–H groups in total. The molecule has 0 saturated carbocycles. The van der Waals surface area contributed by atoms with Crippen LogP contribution in [0.2, 0.25) is 0 Å². The molecule has 19 heavy (non-hydrogen) atoms. The number of hydrogen-bond acceptors (Lipinski definition) is 2. The van der Waals surface area contributed by atoms with Gasteiger partial charge in [0, 0.05) is 17.1 Å². The molecule has 2 atom stereocenters. The normalized spacial score (nSPS) is 23.7. The Balaban J connectivity index is 2.00. The Morgan fingerprint density at radius 2 is 2.26 bits per heavy atom. The smallest absolute Gasteiger partial charge is 0.120 e. The van der Waals surface area contributed by atoms with Crippen molar-refractivity contribution in [3.05, 3.63) is 30.0 Å². The van der Waals surface area contributed by atoms with Crippen molar-refractivity contribution in [2.45, 2.75) is 26.2 Å². The van der Waals surface area contributed by atoms with Crippen LogP contribution in [0.4, 0.5) is 0 Å². The molecule has 3 nitrogen and oxygen atoms in total. The summed E-state index contributed by atoms with van der Waals surface area (Å²) in [5, 5.41) is 4.80. The Morgan fingerprint density at radius 3 is 3.05 bits per heavy atom. The van der Waals surface area contributed by atoms with E-state index < -0.39 is 0 Å². The van der Waals surface area contributed by atoms with Crippen LogP contribution in [0.15, 0.2) is 24.4 Å². The van der Waals surface area contributed by atoms with Crippen molar-refractivity contribution in [1.29, 1.82) is 0 Å². The third-order valence-corrected chi connectivity index (χ3v) is 4.18. The molecule has 102 valence electrons. The molecule has 2 unspecified atom stereocenters. The average molecular weight is 258 g/mol. The molecule has 0 radical (unpaired) electrons. The van der Waals surface area contributed by atoms with Crippen LogP contribution in [-0.2, 0) is 0 Å². The van der Waals surface area contributed by atoms with Crippen molar-refractivity contribution in [3.63, 3.8) is 0 Å². The fourth-order valence-corrected chi connectivity index (χ4v) is 3.16. The molecule has 0 aliphatic carbocycles. The molecule has 3 rings (SSSR count). The fourth-order valence-electron chi connectivity index (χ4n) is 3.16. The molecule has 2 aromatic rings. The molecule has 3 heteroatoms. The van der Waals surface area contributed by atoms with Crippen molar-refractivity contribution >= 4 is 10.9 Å². The lowest BCUT2D eigenvalue weighted by atomic mass is 9.82. The lowest BCUT2D eigenvalue weighted by Crippen LogP contribution is -2.33. The second kappa shape index (κ2) is 5.25. The molecule has 1 aromatic heterocycles. The van der Waals surface area contributed by atoms with Crippen molar-refractivity contribution in [3.8, 4) is 5.75 Å². The minimum absolute atomic E-state index is 0.645. The van der Waals surface area contributed by atoms with E-state index in [2.05, 4.69) is 35.6 Å². The Kier molecular flexibility index (Phi) is 3.47. The van der Waals surface area contributed by atoms with E-state index in [9.17, 15) is 0 Å². The highest BCUT2D eigenvalue weighted by molar-refractivity contribution is 5.85. The first-order valence-electron chi connectivity index (χ1n) is 7.24. The number of piperidine rings is 1. The maximum atomic E-state index is 5.63.